The van der Waals surface area contributed by atoms with Crippen molar-refractivity contribution in [1.29, 1.82) is 0 Å². The minimum atomic E-state index is -0.220. The van der Waals surface area contributed by atoms with Crippen LogP contribution in [-0.4, -0.2) is 32.9 Å². The van der Waals surface area contributed by atoms with Gasteiger partial charge < -0.3 is 5.32 Å². The number of nitrogens with one attached hydrogen (secondary N) is 3. The maximum atomic E-state index is 12.5. The number of pyridine rings is 1. The van der Waals surface area contributed by atoms with E-state index in [9.17, 15) is 4.79 Å². The van der Waals surface area contributed by atoms with Crippen LogP contribution in [0.4, 0.5) is 0 Å². The van der Waals surface area contributed by atoms with E-state index >= 15 is 0 Å². The van der Waals surface area contributed by atoms with E-state index in [4.69, 9.17) is 0 Å². The smallest absolute Gasteiger partial charge is 0.239 e. The Hall–Kier alpha value is -2.38. The fourth-order valence-corrected chi connectivity index (χ4v) is 3.12. The number of hydrogen-bond acceptors (Lipinski definition) is 6. The summed E-state index contributed by atoms with van der Waals surface area (Å²) in [7, 11) is 0. The Labute approximate surface area is 154 Å². The molecule has 0 aromatic carbocycles. The molecule has 3 rings (SSSR count). The molecule has 3 unspecified atom stereocenters. The highest BCUT2D eigenvalue weighted by atomic mass is 16.2. The van der Waals surface area contributed by atoms with Crippen LogP contribution in [-0.2, 0) is 4.79 Å². The number of hydrogen-bond donors (Lipinski definition) is 3. The van der Waals surface area contributed by atoms with Gasteiger partial charge in [0, 0.05) is 41.5 Å². The zero-order valence-corrected chi connectivity index (χ0v) is 15.7. The summed E-state index contributed by atoms with van der Waals surface area (Å²) in [4.78, 5) is 25.6. The van der Waals surface area contributed by atoms with E-state index < -0.39 is 0 Å². The summed E-state index contributed by atoms with van der Waals surface area (Å²) in [5, 5.41) is 3.07. The van der Waals surface area contributed by atoms with Gasteiger partial charge in [-0.2, -0.15) is 0 Å². The Morgan fingerprint density at radius 1 is 1.23 bits per heavy atom. The fourth-order valence-electron chi connectivity index (χ4n) is 3.12. The average Bonchev–Trinajstić information content (AvgIpc) is 3.13. The number of carbonyl (C=O) groups excluding carboxylic acids is 1. The van der Waals surface area contributed by atoms with Gasteiger partial charge in [0.2, 0.25) is 5.91 Å². The van der Waals surface area contributed by atoms with Gasteiger partial charge in [-0.15, -0.1) is 0 Å². The molecular formula is C19H26N6O. The topological polar surface area (TPSA) is 91.8 Å². The molecule has 0 aliphatic carbocycles. The monoisotopic (exact) mass is 354 g/mol. The molecule has 1 saturated heterocycles. The van der Waals surface area contributed by atoms with Crippen LogP contribution < -0.4 is 16.2 Å². The van der Waals surface area contributed by atoms with Gasteiger partial charge in [0.25, 0.3) is 0 Å². The Bertz CT molecular complexity index is 764. The van der Waals surface area contributed by atoms with Gasteiger partial charge >= 0.3 is 0 Å². The van der Waals surface area contributed by atoms with E-state index in [2.05, 4.69) is 45.0 Å². The summed E-state index contributed by atoms with van der Waals surface area (Å²) in [6, 6.07) is 3.69. The van der Waals surface area contributed by atoms with Crippen molar-refractivity contribution in [2.45, 2.75) is 52.2 Å². The molecule has 26 heavy (non-hydrogen) atoms. The van der Waals surface area contributed by atoms with Crippen LogP contribution in [0.3, 0.4) is 0 Å². The van der Waals surface area contributed by atoms with Gasteiger partial charge in [-0.05, 0) is 38.3 Å². The van der Waals surface area contributed by atoms with E-state index in [-0.39, 0.29) is 18.0 Å². The van der Waals surface area contributed by atoms with Gasteiger partial charge in [-0.3, -0.25) is 15.2 Å². The first kappa shape index (κ1) is 18.4. The minimum Gasteiger partial charge on any atom is -0.348 e. The third-order valence-electron chi connectivity index (χ3n) is 4.83. The SMILES string of the molecule is Cc1nc(-c2ccncc2)ncc1C(C)NC(=O)C1CC(C(C)C)NN1. The molecule has 3 N–H and O–H groups in total. The van der Waals surface area contributed by atoms with Gasteiger partial charge in [0.05, 0.1) is 6.04 Å². The van der Waals surface area contributed by atoms with E-state index in [0.717, 1.165) is 23.2 Å². The second-order valence-corrected chi connectivity index (χ2v) is 7.13. The van der Waals surface area contributed by atoms with Crippen molar-refractivity contribution in [1.82, 2.24) is 31.1 Å². The molecule has 0 saturated carbocycles. The highest BCUT2D eigenvalue weighted by molar-refractivity contribution is 5.82. The van der Waals surface area contributed by atoms with Crippen molar-refractivity contribution in [3.63, 3.8) is 0 Å². The minimum absolute atomic E-state index is 0.00856. The zero-order valence-electron chi connectivity index (χ0n) is 15.7. The molecule has 7 heteroatoms. The highest BCUT2D eigenvalue weighted by Gasteiger charge is 2.31. The van der Waals surface area contributed by atoms with Crippen LogP contribution in [0.1, 0.15) is 44.5 Å². The fraction of sp³-hybridized carbons (Fsp3) is 0.474. The van der Waals surface area contributed by atoms with E-state index in [0.29, 0.717) is 17.8 Å². The van der Waals surface area contributed by atoms with Crippen molar-refractivity contribution in [3.05, 3.63) is 42.0 Å². The number of hydrazine groups is 1. The third kappa shape index (κ3) is 4.05. The molecule has 0 spiro atoms. The second-order valence-electron chi connectivity index (χ2n) is 7.13. The van der Waals surface area contributed by atoms with E-state index in [1.807, 2.05) is 26.0 Å². The predicted molar refractivity (Wildman–Crippen MR) is 99.9 cm³/mol. The maximum absolute atomic E-state index is 12.5. The van der Waals surface area contributed by atoms with Crippen LogP contribution in [0.2, 0.25) is 0 Å². The van der Waals surface area contributed by atoms with Crippen LogP contribution in [0, 0.1) is 12.8 Å². The van der Waals surface area contributed by atoms with Gasteiger partial charge in [0.1, 0.15) is 6.04 Å². The predicted octanol–water partition coefficient (Wildman–Crippen LogP) is 1.92. The maximum Gasteiger partial charge on any atom is 0.239 e. The van der Waals surface area contributed by atoms with Gasteiger partial charge in [0.15, 0.2) is 5.82 Å². The number of aryl methyl sites for hydroxylation is 1. The first-order valence-corrected chi connectivity index (χ1v) is 9.01. The number of nitrogens with zero attached hydrogens (tertiary/aromatic N) is 3. The molecular weight excluding hydrogens is 328 g/mol. The summed E-state index contributed by atoms with van der Waals surface area (Å²) in [6.45, 7) is 8.19. The van der Waals surface area contributed by atoms with Crippen LogP contribution in [0.5, 0.6) is 0 Å². The summed E-state index contributed by atoms with van der Waals surface area (Å²) in [5.41, 5.74) is 8.99. The Morgan fingerprint density at radius 3 is 2.58 bits per heavy atom. The second kappa shape index (κ2) is 7.88. The Morgan fingerprint density at radius 2 is 1.96 bits per heavy atom. The quantitative estimate of drug-likeness (QED) is 0.760. The molecule has 7 nitrogen and oxygen atoms in total. The zero-order chi connectivity index (χ0) is 18.7. The number of aromatic nitrogens is 3. The van der Waals surface area contributed by atoms with Crippen molar-refractivity contribution in [2.24, 2.45) is 5.92 Å². The molecule has 1 amide bonds. The lowest BCUT2D eigenvalue weighted by atomic mass is 9.99. The molecule has 2 aromatic heterocycles. The molecule has 1 aliphatic rings. The lowest BCUT2D eigenvalue weighted by Gasteiger charge is -2.19. The van der Waals surface area contributed by atoms with Crippen molar-refractivity contribution in [2.75, 3.05) is 0 Å². The van der Waals surface area contributed by atoms with Gasteiger partial charge in [-0.25, -0.2) is 15.4 Å². The largest absolute Gasteiger partial charge is 0.348 e. The molecule has 0 bridgehead atoms. The van der Waals surface area contributed by atoms with Crippen molar-refractivity contribution >= 4 is 5.91 Å². The van der Waals surface area contributed by atoms with E-state index in [1.165, 1.54) is 0 Å². The van der Waals surface area contributed by atoms with Crippen LogP contribution in [0.25, 0.3) is 11.4 Å². The first-order valence-electron chi connectivity index (χ1n) is 9.01. The lowest BCUT2D eigenvalue weighted by Crippen LogP contribution is -2.44. The lowest BCUT2D eigenvalue weighted by molar-refractivity contribution is -0.123. The third-order valence-corrected chi connectivity index (χ3v) is 4.83. The molecule has 1 aliphatic heterocycles. The van der Waals surface area contributed by atoms with Crippen LogP contribution >= 0.6 is 0 Å². The molecule has 3 atom stereocenters. The molecule has 1 fully saturated rings. The Kier molecular flexibility index (Phi) is 5.58. The summed E-state index contributed by atoms with van der Waals surface area (Å²) in [6.07, 6.45) is 6.02. The number of carbonyl (C=O) groups is 1. The molecule has 138 valence electrons. The molecule has 3 heterocycles. The number of amides is 1. The highest BCUT2D eigenvalue weighted by Crippen LogP contribution is 2.20. The standard InChI is InChI=1S/C19H26N6O/c1-11(2)16-9-17(25-24-16)19(26)23-13(4)15-10-21-18(22-12(15)3)14-5-7-20-8-6-14/h5-8,10-11,13,16-17,24-25H,9H2,1-4H3,(H,23,26). The van der Waals surface area contributed by atoms with Crippen molar-refractivity contribution < 1.29 is 4.79 Å². The average molecular weight is 354 g/mol. The Balaban J connectivity index is 1.66. The first-order chi connectivity index (χ1) is 12.5. The van der Waals surface area contributed by atoms with Gasteiger partial charge in [-0.1, -0.05) is 13.8 Å². The van der Waals surface area contributed by atoms with Crippen molar-refractivity contribution in [3.8, 4) is 11.4 Å². The molecule has 0 radical (unpaired) electrons. The van der Waals surface area contributed by atoms with E-state index in [1.54, 1.807) is 18.6 Å². The summed E-state index contributed by atoms with van der Waals surface area (Å²) in [5.74, 6) is 1.13. The molecule has 2 aromatic rings. The summed E-state index contributed by atoms with van der Waals surface area (Å²) < 4.78 is 0. The normalized spacial score (nSPS) is 21.0. The summed E-state index contributed by atoms with van der Waals surface area (Å²) >= 11 is 0. The van der Waals surface area contributed by atoms with Crippen LogP contribution in [0.15, 0.2) is 30.7 Å². The number of rotatable bonds is 5.